The zero-order valence-electron chi connectivity index (χ0n) is 33.4. The average molecular weight is 787 g/mol. The minimum absolute atomic E-state index is 1.16. The van der Waals surface area contributed by atoms with Crippen LogP contribution in [0.2, 0.25) is 0 Å². The molecule has 0 aliphatic rings. The van der Waals surface area contributed by atoms with Crippen LogP contribution in [0.25, 0.3) is 132 Å². The van der Waals surface area contributed by atoms with E-state index in [4.69, 9.17) is 0 Å². The van der Waals surface area contributed by atoms with E-state index in [0.717, 1.165) is 11.4 Å². The number of hydrogen-bond acceptors (Lipinski definition) is 0. The first kappa shape index (κ1) is 32.5. The molecule has 15 aromatic rings. The number of nitrogens with zero attached hydrogens (tertiary/aromatic N) is 4. The number of fused-ring (bicyclic) bond motifs is 14. The Morgan fingerprint density at radius 2 is 0.645 bits per heavy atom. The van der Waals surface area contributed by atoms with E-state index in [0.29, 0.717) is 0 Å². The first-order valence-corrected chi connectivity index (χ1v) is 21.4. The van der Waals surface area contributed by atoms with Crippen molar-refractivity contribution in [3.63, 3.8) is 0 Å². The van der Waals surface area contributed by atoms with Crippen molar-refractivity contribution in [2.24, 2.45) is 0 Å². The summed E-state index contributed by atoms with van der Waals surface area (Å²) in [4.78, 5) is 0. The summed E-state index contributed by atoms with van der Waals surface area (Å²) in [6.07, 6.45) is 4.79. The van der Waals surface area contributed by atoms with Gasteiger partial charge in [-0.05, 0) is 71.8 Å². The summed E-state index contributed by atoms with van der Waals surface area (Å²) in [5.41, 5.74) is 17.1. The molecule has 4 heteroatoms. The van der Waals surface area contributed by atoms with Crippen LogP contribution in [0, 0.1) is 0 Å². The van der Waals surface area contributed by atoms with Gasteiger partial charge in [0.15, 0.2) is 0 Å². The van der Waals surface area contributed by atoms with Crippen LogP contribution < -0.4 is 0 Å². The van der Waals surface area contributed by atoms with Crippen molar-refractivity contribution in [3.05, 3.63) is 207 Å². The summed E-state index contributed by atoms with van der Waals surface area (Å²) in [6.45, 7) is 0. The highest BCUT2D eigenvalue weighted by Crippen LogP contribution is 2.51. The molecular weight excluding hydrogens is 753 g/mol. The molecule has 6 heterocycles. The Bertz CT molecular complexity index is 4010. The van der Waals surface area contributed by atoms with Gasteiger partial charge in [-0.2, -0.15) is 0 Å². The second kappa shape index (κ2) is 11.7. The van der Waals surface area contributed by atoms with Gasteiger partial charge in [0.05, 0.1) is 44.1 Å². The topological polar surface area (TPSA) is 18.7 Å². The number of aromatic nitrogens is 4. The molecule has 62 heavy (non-hydrogen) atoms. The maximum absolute atomic E-state index is 2.54. The van der Waals surface area contributed by atoms with E-state index in [-0.39, 0.29) is 0 Å². The van der Waals surface area contributed by atoms with Crippen molar-refractivity contribution in [2.45, 2.75) is 0 Å². The van der Waals surface area contributed by atoms with Crippen LogP contribution in [0.4, 0.5) is 0 Å². The van der Waals surface area contributed by atoms with E-state index in [9.17, 15) is 0 Å². The minimum Gasteiger partial charge on any atom is -0.315 e. The van der Waals surface area contributed by atoms with Crippen LogP contribution >= 0.6 is 0 Å². The fourth-order valence-electron chi connectivity index (χ4n) is 11.4. The molecule has 286 valence electrons. The lowest BCUT2D eigenvalue weighted by atomic mass is 9.97. The molecule has 0 unspecified atom stereocenters. The third-order valence-corrected chi connectivity index (χ3v) is 13.8. The number of rotatable bonds is 4. The van der Waals surface area contributed by atoms with Gasteiger partial charge >= 0.3 is 0 Å². The van der Waals surface area contributed by atoms with Crippen LogP contribution in [-0.2, 0) is 0 Å². The van der Waals surface area contributed by atoms with Gasteiger partial charge in [-0.3, -0.25) is 0 Å². The van der Waals surface area contributed by atoms with E-state index >= 15 is 0 Å². The molecule has 0 atom stereocenters. The molecule has 0 aliphatic carbocycles. The van der Waals surface area contributed by atoms with Gasteiger partial charge < -0.3 is 17.9 Å². The Morgan fingerprint density at radius 1 is 0.258 bits per heavy atom. The maximum Gasteiger partial charge on any atom is 0.0622 e. The van der Waals surface area contributed by atoms with Crippen molar-refractivity contribution in [1.82, 2.24) is 17.9 Å². The van der Waals surface area contributed by atoms with Gasteiger partial charge in [0, 0.05) is 88.8 Å². The summed E-state index contributed by atoms with van der Waals surface area (Å²) < 4.78 is 9.93. The summed E-state index contributed by atoms with van der Waals surface area (Å²) in [6, 6.07) is 71.4. The Balaban J connectivity index is 1.19. The van der Waals surface area contributed by atoms with Gasteiger partial charge in [0.2, 0.25) is 0 Å². The molecule has 6 aromatic heterocycles. The Labute approximate surface area is 354 Å². The lowest BCUT2D eigenvalue weighted by Crippen LogP contribution is -1.93. The number of para-hydroxylation sites is 4. The van der Waals surface area contributed by atoms with Gasteiger partial charge in [-0.1, -0.05) is 133 Å². The highest BCUT2D eigenvalue weighted by Gasteiger charge is 2.28. The van der Waals surface area contributed by atoms with E-state index in [2.05, 4.69) is 224 Å². The van der Waals surface area contributed by atoms with Gasteiger partial charge in [-0.15, -0.1) is 0 Å². The molecule has 0 saturated carbocycles. The highest BCUT2D eigenvalue weighted by molar-refractivity contribution is 6.38. The van der Waals surface area contributed by atoms with Gasteiger partial charge in [0.25, 0.3) is 0 Å². The largest absolute Gasteiger partial charge is 0.315 e. The third-order valence-electron chi connectivity index (χ3n) is 13.8. The molecule has 0 spiro atoms. The van der Waals surface area contributed by atoms with Crippen molar-refractivity contribution < 1.29 is 0 Å². The summed E-state index contributed by atoms with van der Waals surface area (Å²) >= 11 is 0. The lowest BCUT2D eigenvalue weighted by molar-refractivity contribution is 1.18. The predicted octanol–water partition coefficient (Wildman–Crippen LogP) is 15.2. The number of hydrogen-bond donors (Lipinski definition) is 0. The molecule has 15 rings (SSSR count). The Morgan fingerprint density at radius 3 is 1.08 bits per heavy atom. The SMILES string of the molecule is c1ccc(-c2cn3c4cc5c(cc4c4c6c7ccccc7n(-c7ccccc7)c6cc2c43)c2c3c4ccccc4n(-c4ccccc4)c3cc3c(-c4ccccc4)cn5c32)cc1. The summed E-state index contributed by atoms with van der Waals surface area (Å²) in [7, 11) is 0. The van der Waals surface area contributed by atoms with E-state index in [1.165, 1.54) is 120 Å². The third kappa shape index (κ3) is 4.02. The van der Waals surface area contributed by atoms with E-state index in [1.54, 1.807) is 0 Å². The van der Waals surface area contributed by atoms with Crippen LogP contribution in [-0.4, -0.2) is 17.9 Å². The molecule has 0 radical (unpaired) electrons. The van der Waals surface area contributed by atoms with Gasteiger partial charge in [-0.25, -0.2) is 0 Å². The lowest BCUT2D eigenvalue weighted by Gasteiger charge is -2.09. The molecule has 0 bridgehead atoms. The monoisotopic (exact) mass is 786 g/mol. The zero-order chi connectivity index (χ0) is 40.2. The maximum atomic E-state index is 2.54. The van der Waals surface area contributed by atoms with Crippen LogP contribution in [0.5, 0.6) is 0 Å². The van der Waals surface area contributed by atoms with E-state index in [1.807, 2.05) is 0 Å². The Hall–Kier alpha value is -8.34. The van der Waals surface area contributed by atoms with Crippen molar-refractivity contribution in [2.75, 3.05) is 0 Å². The first-order valence-electron chi connectivity index (χ1n) is 21.4. The average Bonchev–Trinajstić information content (AvgIpc) is 4.18. The zero-order valence-corrected chi connectivity index (χ0v) is 33.4. The van der Waals surface area contributed by atoms with E-state index < -0.39 is 0 Å². The standard InChI is InChI=1S/C58H34N4/c1-5-17-35(18-6-1)45-33-59-49-32-50-44(29-43(49)55-53-39-25-13-15-27-47(39)61(37-21-9-3-10-22-37)51(53)30-41(45)57(55)59)56-54-40-26-14-16-28-48(40)62(38-23-11-4-12-24-38)52(54)31-42-46(34-60(50)58(42)56)36-19-7-2-8-20-36/h1-34H. The van der Waals surface area contributed by atoms with Crippen molar-refractivity contribution in [3.8, 4) is 33.6 Å². The molecule has 9 aromatic carbocycles. The normalized spacial score (nSPS) is 12.5. The molecule has 0 fully saturated rings. The molecule has 0 saturated heterocycles. The quantitative estimate of drug-likeness (QED) is 0.169. The Kier molecular flexibility index (Phi) is 6.13. The number of benzene rings is 9. The fraction of sp³-hybridized carbons (Fsp3) is 0. The minimum atomic E-state index is 1.16. The van der Waals surface area contributed by atoms with Crippen LogP contribution in [0.15, 0.2) is 207 Å². The van der Waals surface area contributed by atoms with Crippen LogP contribution in [0.3, 0.4) is 0 Å². The van der Waals surface area contributed by atoms with Gasteiger partial charge in [0.1, 0.15) is 0 Å². The predicted molar refractivity (Wildman–Crippen MR) is 260 cm³/mol. The smallest absolute Gasteiger partial charge is 0.0622 e. The van der Waals surface area contributed by atoms with Crippen molar-refractivity contribution >= 4 is 98.0 Å². The molecule has 0 amide bonds. The summed E-state index contributed by atoms with van der Waals surface area (Å²) in [5, 5.41) is 12.8. The second-order valence-corrected chi connectivity index (χ2v) is 16.9. The summed E-state index contributed by atoms with van der Waals surface area (Å²) in [5.74, 6) is 0. The highest BCUT2D eigenvalue weighted by atomic mass is 15.0. The van der Waals surface area contributed by atoms with Crippen LogP contribution in [0.1, 0.15) is 0 Å². The molecule has 4 nitrogen and oxygen atoms in total. The van der Waals surface area contributed by atoms with Crippen molar-refractivity contribution in [1.29, 1.82) is 0 Å². The fourth-order valence-corrected chi connectivity index (χ4v) is 11.4. The second-order valence-electron chi connectivity index (χ2n) is 16.9. The first-order chi connectivity index (χ1) is 30.8. The molecular formula is C58H34N4. The molecule has 0 aliphatic heterocycles. The molecule has 0 N–H and O–H groups in total.